The van der Waals surface area contributed by atoms with Crippen molar-refractivity contribution < 1.29 is 4.74 Å². The van der Waals surface area contributed by atoms with Crippen molar-refractivity contribution >= 4 is 11.5 Å². The largest absolute Gasteiger partial charge is 0.379 e. The van der Waals surface area contributed by atoms with Gasteiger partial charge in [-0.3, -0.25) is 9.88 Å². The van der Waals surface area contributed by atoms with Crippen molar-refractivity contribution in [1.82, 2.24) is 24.5 Å². The van der Waals surface area contributed by atoms with E-state index in [-0.39, 0.29) is 6.04 Å². The van der Waals surface area contributed by atoms with E-state index in [1.165, 1.54) is 5.56 Å². The molecule has 0 saturated carbocycles. The van der Waals surface area contributed by atoms with Crippen LogP contribution in [0.5, 0.6) is 0 Å². The molecule has 7 heteroatoms. The molecule has 1 aliphatic heterocycles. The monoisotopic (exact) mass is 352 g/mol. The van der Waals surface area contributed by atoms with Crippen molar-refractivity contribution in [2.45, 2.75) is 19.9 Å². The Kier molecular flexibility index (Phi) is 4.81. The molecule has 1 unspecified atom stereocenters. The van der Waals surface area contributed by atoms with Crippen molar-refractivity contribution in [1.29, 1.82) is 0 Å². The van der Waals surface area contributed by atoms with Gasteiger partial charge in [-0.15, -0.1) is 0 Å². The number of hydrogen-bond donors (Lipinski definition) is 1. The lowest BCUT2D eigenvalue weighted by molar-refractivity contribution is 0.0187. The average Bonchev–Trinajstić information content (AvgIpc) is 3.03. The van der Waals surface area contributed by atoms with Gasteiger partial charge >= 0.3 is 0 Å². The van der Waals surface area contributed by atoms with E-state index in [1.807, 2.05) is 42.9 Å². The summed E-state index contributed by atoms with van der Waals surface area (Å²) in [5.74, 6) is 0.966. The molecule has 0 spiro atoms. The molecule has 7 nitrogen and oxygen atoms in total. The van der Waals surface area contributed by atoms with E-state index in [1.54, 1.807) is 0 Å². The molecule has 3 aromatic rings. The van der Waals surface area contributed by atoms with Gasteiger partial charge < -0.3 is 10.1 Å². The molecular weight excluding hydrogens is 328 g/mol. The van der Waals surface area contributed by atoms with Crippen LogP contribution in [-0.2, 0) is 4.74 Å². The van der Waals surface area contributed by atoms with Gasteiger partial charge in [0.05, 0.1) is 24.9 Å². The number of fused-ring (bicyclic) bond motifs is 1. The lowest BCUT2D eigenvalue weighted by Crippen LogP contribution is -2.41. The first-order valence-electron chi connectivity index (χ1n) is 9.00. The lowest BCUT2D eigenvalue weighted by atomic mass is 10.1. The summed E-state index contributed by atoms with van der Waals surface area (Å²) in [5.41, 5.74) is 4.07. The number of nitrogens with one attached hydrogen (secondary N) is 1. The molecule has 1 saturated heterocycles. The fraction of sp³-hybridized carbons (Fsp3) is 0.421. The summed E-state index contributed by atoms with van der Waals surface area (Å²) >= 11 is 0. The highest BCUT2D eigenvalue weighted by Crippen LogP contribution is 2.23. The van der Waals surface area contributed by atoms with Crippen LogP contribution in [0.2, 0.25) is 0 Å². The van der Waals surface area contributed by atoms with Gasteiger partial charge in [0.2, 0.25) is 0 Å². The van der Waals surface area contributed by atoms with Crippen molar-refractivity contribution in [3.8, 4) is 0 Å². The van der Waals surface area contributed by atoms with Gasteiger partial charge in [0, 0.05) is 49.9 Å². The maximum Gasteiger partial charge on any atom is 0.157 e. The molecule has 3 aromatic heterocycles. The van der Waals surface area contributed by atoms with E-state index in [4.69, 9.17) is 4.74 Å². The molecule has 0 amide bonds. The summed E-state index contributed by atoms with van der Waals surface area (Å²) in [5, 5.41) is 8.16. The summed E-state index contributed by atoms with van der Waals surface area (Å²) in [6.07, 6.45) is 3.71. The Morgan fingerprint density at radius 3 is 2.65 bits per heavy atom. The lowest BCUT2D eigenvalue weighted by Gasteiger charge is -2.35. The van der Waals surface area contributed by atoms with Gasteiger partial charge in [-0.2, -0.15) is 9.61 Å². The van der Waals surface area contributed by atoms with Gasteiger partial charge in [-0.1, -0.05) is 0 Å². The summed E-state index contributed by atoms with van der Waals surface area (Å²) in [6.45, 7) is 8.19. The number of hydrogen-bond acceptors (Lipinski definition) is 6. The van der Waals surface area contributed by atoms with E-state index in [0.717, 1.165) is 55.7 Å². The third-order valence-corrected chi connectivity index (χ3v) is 4.73. The number of anilines is 1. The molecule has 136 valence electrons. The third-order valence-electron chi connectivity index (χ3n) is 4.73. The second-order valence-electron chi connectivity index (χ2n) is 6.66. The Morgan fingerprint density at radius 1 is 1.12 bits per heavy atom. The van der Waals surface area contributed by atoms with E-state index in [9.17, 15) is 0 Å². The SMILES string of the molecule is Cc1cc(NCC(c2ccncc2)N2CCOCC2)n2nc(C)cc2n1. The van der Waals surface area contributed by atoms with Crippen LogP contribution in [0.15, 0.2) is 36.7 Å². The van der Waals surface area contributed by atoms with Crippen LogP contribution < -0.4 is 5.32 Å². The van der Waals surface area contributed by atoms with Gasteiger partial charge in [0.1, 0.15) is 5.82 Å². The highest BCUT2D eigenvalue weighted by Gasteiger charge is 2.23. The first kappa shape index (κ1) is 16.9. The average molecular weight is 352 g/mol. The van der Waals surface area contributed by atoms with Crippen molar-refractivity contribution in [2.75, 3.05) is 38.2 Å². The van der Waals surface area contributed by atoms with Crippen LogP contribution in [0.25, 0.3) is 5.65 Å². The van der Waals surface area contributed by atoms with Crippen molar-refractivity contribution in [2.24, 2.45) is 0 Å². The number of aryl methyl sites for hydroxylation is 2. The Bertz CT molecular complexity index is 872. The van der Waals surface area contributed by atoms with Crippen LogP contribution in [0.4, 0.5) is 5.82 Å². The Hall–Kier alpha value is -2.51. The molecule has 0 aliphatic carbocycles. The summed E-state index contributed by atoms with van der Waals surface area (Å²) < 4.78 is 7.41. The number of aromatic nitrogens is 4. The molecule has 1 fully saturated rings. The van der Waals surface area contributed by atoms with Crippen molar-refractivity contribution in [3.05, 3.63) is 53.6 Å². The van der Waals surface area contributed by atoms with E-state index in [0.29, 0.717) is 0 Å². The van der Waals surface area contributed by atoms with Crippen LogP contribution in [-0.4, -0.2) is 57.3 Å². The minimum Gasteiger partial charge on any atom is -0.379 e. The number of ether oxygens (including phenoxy) is 1. The topological polar surface area (TPSA) is 67.6 Å². The van der Waals surface area contributed by atoms with Crippen LogP contribution in [0.3, 0.4) is 0 Å². The summed E-state index contributed by atoms with van der Waals surface area (Å²) in [6, 6.07) is 8.48. The first-order valence-corrected chi connectivity index (χ1v) is 9.00. The van der Waals surface area contributed by atoms with Gasteiger partial charge in [-0.25, -0.2) is 4.98 Å². The number of morpholine rings is 1. The smallest absolute Gasteiger partial charge is 0.157 e. The fourth-order valence-corrected chi connectivity index (χ4v) is 3.47. The second-order valence-corrected chi connectivity index (χ2v) is 6.66. The molecular formula is C19H24N6O. The van der Waals surface area contributed by atoms with Gasteiger partial charge in [-0.05, 0) is 31.5 Å². The zero-order chi connectivity index (χ0) is 17.9. The molecule has 0 aromatic carbocycles. The molecule has 1 atom stereocenters. The molecule has 0 radical (unpaired) electrons. The highest BCUT2D eigenvalue weighted by atomic mass is 16.5. The Morgan fingerprint density at radius 2 is 1.88 bits per heavy atom. The van der Waals surface area contributed by atoms with Crippen LogP contribution in [0.1, 0.15) is 23.0 Å². The molecule has 4 rings (SSSR count). The predicted molar refractivity (Wildman–Crippen MR) is 100 cm³/mol. The number of rotatable bonds is 5. The predicted octanol–water partition coefficient (Wildman–Crippen LogP) is 2.23. The van der Waals surface area contributed by atoms with E-state index < -0.39 is 0 Å². The molecule has 4 heterocycles. The van der Waals surface area contributed by atoms with Gasteiger partial charge in [0.15, 0.2) is 5.65 Å². The number of pyridine rings is 1. The first-order chi connectivity index (χ1) is 12.7. The maximum atomic E-state index is 5.53. The molecule has 26 heavy (non-hydrogen) atoms. The van der Waals surface area contributed by atoms with Gasteiger partial charge in [0.25, 0.3) is 0 Å². The quantitative estimate of drug-likeness (QED) is 0.759. The van der Waals surface area contributed by atoms with Crippen LogP contribution >= 0.6 is 0 Å². The van der Waals surface area contributed by atoms with E-state index >= 15 is 0 Å². The van der Waals surface area contributed by atoms with Crippen LogP contribution in [0, 0.1) is 13.8 Å². The third kappa shape index (κ3) is 3.54. The Balaban J connectivity index is 1.60. The fourth-order valence-electron chi connectivity index (χ4n) is 3.47. The molecule has 1 N–H and O–H groups in total. The number of nitrogens with zero attached hydrogens (tertiary/aromatic N) is 5. The zero-order valence-corrected chi connectivity index (χ0v) is 15.2. The second kappa shape index (κ2) is 7.39. The minimum atomic E-state index is 0.252. The standard InChI is InChI=1S/C19H24N6O/c1-14-11-18(25-19(22-14)12-15(2)23-25)21-13-17(16-3-5-20-6-4-16)24-7-9-26-10-8-24/h3-6,11-12,17,21H,7-10,13H2,1-2H3. The minimum absolute atomic E-state index is 0.252. The summed E-state index contributed by atoms with van der Waals surface area (Å²) in [7, 11) is 0. The normalized spacial score (nSPS) is 16.7. The summed E-state index contributed by atoms with van der Waals surface area (Å²) in [4.78, 5) is 11.2. The maximum absolute atomic E-state index is 5.53. The highest BCUT2D eigenvalue weighted by molar-refractivity contribution is 5.50. The van der Waals surface area contributed by atoms with Crippen molar-refractivity contribution in [3.63, 3.8) is 0 Å². The Labute approximate surface area is 153 Å². The zero-order valence-electron chi connectivity index (χ0n) is 15.2. The molecule has 1 aliphatic rings. The van der Waals surface area contributed by atoms with E-state index in [2.05, 4.69) is 37.4 Å². The molecule has 0 bridgehead atoms.